The molecule has 2 aliphatic heterocycles. The first-order valence-electron chi connectivity index (χ1n) is 14.0. The number of benzene rings is 2. The molecular weight excluding hydrogens is 640 g/mol. The molecule has 2 fully saturated rings. The Balaban J connectivity index is 1.58. The van der Waals surface area contributed by atoms with Gasteiger partial charge in [0.15, 0.2) is 0 Å². The summed E-state index contributed by atoms with van der Waals surface area (Å²) in [6.45, 7) is 8.60. The molecule has 8 heteroatoms. The van der Waals surface area contributed by atoms with Gasteiger partial charge < -0.3 is 28.4 Å². The average Bonchev–Trinajstić information content (AvgIpc) is 2.97. The minimum atomic E-state index is -0.337. The Labute approximate surface area is 255 Å². The van der Waals surface area contributed by atoms with E-state index in [9.17, 15) is 0 Å². The molecule has 0 amide bonds. The molecule has 2 aromatic rings. The van der Waals surface area contributed by atoms with Gasteiger partial charge in [-0.25, -0.2) is 0 Å². The molecule has 0 unspecified atom stereocenters. The first kappa shape index (κ1) is 31.6. The molecule has 2 saturated heterocycles. The van der Waals surface area contributed by atoms with Crippen LogP contribution < -0.4 is 0 Å². The predicted molar refractivity (Wildman–Crippen MR) is 164 cm³/mol. The van der Waals surface area contributed by atoms with E-state index in [1.807, 2.05) is 49.4 Å². The first-order chi connectivity index (χ1) is 19.6. The van der Waals surface area contributed by atoms with Crippen molar-refractivity contribution in [3.63, 3.8) is 0 Å². The molecular formula is C32H40Br2O6. The zero-order chi connectivity index (χ0) is 28.2. The Morgan fingerprint density at radius 1 is 0.850 bits per heavy atom. The van der Waals surface area contributed by atoms with E-state index in [4.69, 9.17) is 28.4 Å². The molecule has 7 atom stereocenters. The Morgan fingerprint density at radius 3 is 2.10 bits per heavy atom. The third kappa shape index (κ3) is 9.33. The van der Waals surface area contributed by atoms with Crippen molar-refractivity contribution in [1.29, 1.82) is 0 Å². The van der Waals surface area contributed by atoms with Gasteiger partial charge in [-0.2, -0.15) is 0 Å². The molecule has 0 radical (unpaired) electrons. The van der Waals surface area contributed by atoms with Crippen LogP contribution in [0.4, 0.5) is 0 Å². The molecule has 0 bridgehead atoms. The van der Waals surface area contributed by atoms with Gasteiger partial charge in [0.1, 0.15) is 18.3 Å². The summed E-state index contributed by atoms with van der Waals surface area (Å²) in [6, 6.07) is 20.4. The number of halogens is 2. The summed E-state index contributed by atoms with van der Waals surface area (Å²) >= 11 is 6.97. The lowest BCUT2D eigenvalue weighted by Crippen LogP contribution is -2.64. The largest absolute Gasteiger partial charge is 0.379 e. The van der Waals surface area contributed by atoms with Gasteiger partial charge in [0.25, 0.3) is 0 Å². The Hall–Kier alpha value is -1.36. The van der Waals surface area contributed by atoms with Crippen LogP contribution in [0.2, 0.25) is 0 Å². The van der Waals surface area contributed by atoms with E-state index in [1.165, 1.54) is 0 Å². The minimum Gasteiger partial charge on any atom is -0.379 e. The van der Waals surface area contributed by atoms with Crippen molar-refractivity contribution < 1.29 is 28.4 Å². The lowest BCUT2D eigenvalue weighted by Gasteiger charge is -2.51. The highest BCUT2D eigenvalue weighted by molar-refractivity contribution is 9.28. The van der Waals surface area contributed by atoms with Crippen molar-refractivity contribution in [3.05, 3.63) is 93.9 Å². The molecule has 218 valence electrons. The van der Waals surface area contributed by atoms with E-state index in [-0.39, 0.29) is 42.7 Å². The summed E-state index contributed by atoms with van der Waals surface area (Å²) in [6.07, 6.45) is 4.23. The lowest BCUT2D eigenvalue weighted by atomic mass is 9.86. The zero-order valence-electron chi connectivity index (χ0n) is 23.0. The summed E-state index contributed by atoms with van der Waals surface area (Å²) < 4.78 is 39.5. The summed E-state index contributed by atoms with van der Waals surface area (Å²) in [7, 11) is 0. The minimum absolute atomic E-state index is 0.141. The van der Waals surface area contributed by atoms with Crippen LogP contribution in [0.15, 0.2) is 82.8 Å². The third-order valence-corrected chi connectivity index (χ3v) is 7.83. The topological polar surface area (TPSA) is 55.4 Å². The van der Waals surface area contributed by atoms with Crippen molar-refractivity contribution >= 4 is 31.9 Å². The van der Waals surface area contributed by atoms with Crippen LogP contribution in [0.1, 0.15) is 37.3 Å². The van der Waals surface area contributed by atoms with Crippen LogP contribution in [0.5, 0.6) is 0 Å². The Bertz CT molecular complexity index is 1030. The number of ether oxygens (including phenoxy) is 6. The monoisotopic (exact) mass is 678 g/mol. The van der Waals surface area contributed by atoms with E-state index in [1.54, 1.807) is 0 Å². The highest BCUT2D eigenvalue weighted by Crippen LogP contribution is 2.38. The van der Waals surface area contributed by atoms with Crippen molar-refractivity contribution in [2.45, 2.75) is 82.1 Å². The smallest absolute Gasteiger partial charge is 0.115 e. The second-order valence-electron chi connectivity index (χ2n) is 9.97. The van der Waals surface area contributed by atoms with Crippen LogP contribution in [-0.2, 0) is 41.6 Å². The van der Waals surface area contributed by atoms with Gasteiger partial charge in [0.2, 0.25) is 0 Å². The molecule has 2 aromatic carbocycles. The number of fused-ring (bicyclic) bond motifs is 1. The molecule has 0 aromatic heterocycles. The van der Waals surface area contributed by atoms with Gasteiger partial charge in [0, 0.05) is 13.0 Å². The van der Waals surface area contributed by atoms with Crippen LogP contribution in [0.3, 0.4) is 0 Å². The summed E-state index contributed by atoms with van der Waals surface area (Å²) in [5.41, 5.74) is 2.20. The summed E-state index contributed by atoms with van der Waals surface area (Å²) in [4.78, 5) is 0. The molecule has 0 N–H and O–H groups in total. The van der Waals surface area contributed by atoms with Crippen molar-refractivity contribution in [2.75, 3.05) is 19.8 Å². The van der Waals surface area contributed by atoms with Gasteiger partial charge in [-0.1, -0.05) is 72.8 Å². The van der Waals surface area contributed by atoms with Crippen molar-refractivity contribution in [2.24, 2.45) is 0 Å². The van der Waals surface area contributed by atoms with E-state index in [0.29, 0.717) is 52.3 Å². The number of hydrogen-bond donors (Lipinski definition) is 0. The fourth-order valence-corrected chi connectivity index (χ4v) is 5.66. The van der Waals surface area contributed by atoms with Crippen molar-refractivity contribution in [1.82, 2.24) is 0 Å². The third-order valence-electron chi connectivity index (χ3n) is 7.18. The Kier molecular flexibility index (Phi) is 13.4. The molecule has 6 nitrogen and oxygen atoms in total. The predicted octanol–water partition coefficient (Wildman–Crippen LogP) is 7.10. The Morgan fingerprint density at radius 2 is 1.50 bits per heavy atom. The van der Waals surface area contributed by atoms with Gasteiger partial charge in [-0.15, -0.1) is 6.58 Å². The lowest BCUT2D eigenvalue weighted by molar-refractivity contribution is -0.301. The molecule has 40 heavy (non-hydrogen) atoms. The number of hydrogen-bond acceptors (Lipinski definition) is 6. The molecule has 0 saturated carbocycles. The second kappa shape index (κ2) is 16.9. The molecule has 2 heterocycles. The molecule has 4 rings (SSSR count). The van der Waals surface area contributed by atoms with Crippen LogP contribution in [0, 0.1) is 0 Å². The maximum absolute atomic E-state index is 6.81. The quantitative estimate of drug-likeness (QED) is 0.148. The normalized spacial score (nSPS) is 28.0. The summed E-state index contributed by atoms with van der Waals surface area (Å²) in [5, 5.41) is 0. The highest BCUT2D eigenvalue weighted by atomic mass is 79.9. The van der Waals surface area contributed by atoms with Gasteiger partial charge in [-0.05, 0) is 62.8 Å². The van der Waals surface area contributed by atoms with Crippen LogP contribution in [-0.4, -0.2) is 62.5 Å². The van der Waals surface area contributed by atoms with Gasteiger partial charge >= 0.3 is 0 Å². The first-order valence-corrected chi connectivity index (χ1v) is 15.6. The summed E-state index contributed by atoms with van der Waals surface area (Å²) in [5.74, 6) is 0. The highest BCUT2D eigenvalue weighted by Gasteiger charge is 2.52. The van der Waals surface area contributed by atoms with Gasteiger partial charge in [-0.3, -0.25) is 0 Å². The second-order valence-corrected chi connectivity index (χ2v) is 12.7. The number of rotatable bonds is 15. The molecule has 2 aliphatic rings. The molecule has 0 aliphatic carbocycles. The van der Waals surface area contributed by atoms with E-state index >= 15 is 0 Å². The zero-order valence-corrected chi connectivity index (χ0v) is 26.2. The maximum Gasteiger partial charge on any atom is 0.115 e. The average molecular weight is 680 g/mol. The van der Waals surface area contributed by atoms with E-state index in [2.05, 4.69) is 68.8 Å². The SMILES string of the molecule is C=CC[C@@H]1O[C@@H]2C[C@H](OCCOCC)[C@@H](CC=C(Br)Br)O[C@H]2[C@H](OCc2ccccc2)[C@H]1OCc1ccccc1. The maximum atomic E-state index is 6.81. The van der Waals surface area contributed by atoms with E-state index < -0.39 is 0 Å². The van der Waals surface area contributed by atoms with Crippen LogP contribution >= 0.6 is 31.9 Å². The van der Waals surface area contributed by atoms with E-state index in [0.717, 1.165) is 14.5 Å². The van der Waals surface area contributed by atoms with Crippen molar-refractivity contribution in [3.8, 4) is 0 Å². The fraction of sp³-hybridized carbons (Fsp3) is 0.500. The van der Waals surface area contributed by atoms with Crippen LogP contribution in [0.25, 0.3) is 0 Å². The standard InChI is InChI=1S/C32H40Br2O6/c1-3-11-26-30(37-21-23-12-7-5-8-13-23)32(38-22-24-14-9-6-10-15-24)31-28(39-26)20-27(36-19-18-35-4-2)25(40-31)16-17-29(33)34/h3,5-10,12-15,17,25-28,30-32H,1,4,11,16,18-22H2,2H3/t25-,26+,27+,28-,30+,31-,32-/m1/s1. The fourth-order valence-electron chi connectivity index (χ4n) is 5.28. The van der Waals surface area contributed by atoms with Gasteiger partial charge in [0.05, 0.1) is 54.2 Å². The molecule has 0 spiro atoms.